The summed E-state index contributed by atoms with van der Waals surface area (Å²) in [6.07, 6.45) is 0.862. The van der Waals surface area contributed by atoms with Crippen molar-refractivity contribution in [2.45, 2.75) is 32.7 Å². The van der Waals surface area contributed by atoms with Crippen molar-refractivity contribution in [1.29, 1.82) is 0 Å². The fraction of sp³-hybridized carbons (Fsp3) is 0.455. The highest BCUT2D eigenvalue weighted by molar-refractivity contribution is 6.34. The number of hydrogen-bond acceptors (Lipinski definition) is 6. The van der Waals surface area contributed by atoms with Crippen LogP contribution in [0.3, 0.4) is 0 Å². The van der Waals surface area contributed by atoms with E-state index in [0.717, 1.165) is 17.4 Å². The number of benzene rings is 2. The first-order valence-electron chi connectivity index (χ1n) is 9.31. The van der Waals surface area contributed by atoms with Gasteiger partial charge in [-0.2, -0.15) is 0 Å². The van der Waals surface area contributed by atoms with Gasteiger partial charge in [0.15, 0.2) is 6.79 Å². The van der Waals surface area contributed by atoms with Gasteiger partial charge in [-0.15, -0.1) is 0 Å². The van der Waals surface area contributed by atoms with E-state index in [-0.39, 0.29) is 19.3 Å². The first-order chi connectivity index (χ1) is 13.9. The minimum Gasteiger partial charge on any atom is -0.496 e. The van der Waals surface area contributed by atoms with E-state index < -0.39 is 5.79 Å². The number of halogens is 1. The second-order valence-corrected chi connectivity index (χ2v) is 7.23. The predicted molar refractivity (Wildman–Crippen MR) is 110 cm³/mol. The van der Waals surface area contributed by atoms with Crippen molar-refractivity contribution in [2.75, 3.05) is 28.1 Å². The van der Waals surface area contributed by atoms with Gasteiger partial charge in [0.25, 0.3) is 5.79 Å². The third-order valence-corrected chi connectivity index (χ3v) is 5.23. The molecule has 6 nitrogen and oxygen atoms in total. The molecule has 0 amide bonds. The molecule has 1 N–H and O–H groups in total. The van der Waals surface area contributed by atoms with Gasteiger partial charge in [0.05, 0.1) is 36.8 Å². The number of methoxy groups -OCH3 is 3. The lowest BCUT2D eigenvalue weighted by molar-refractivity contribution is -0.157. The van der Waals surface area contributed by atoms with E-state index >= 15 is 0 Å². The smallest absolute Gasteiger partial charge is 0.263 e. The van der Waals surface area contributed by atoms with Gasteiger partial charge in [-0.1, -0.05) is 31.4 Å². The maximum Gasteiger partial charge on any atom is 0.263 e. The van der Waals surface area contributed by atoms with Crippen LogP contribution in [0.15, 0.2) is 12.1 Å². The molecular weight excluding hydrogens is 396 g/mol. The molecule has 7 heteroatoms. The summed E-state index contributed by atoms with van der Waals surface area (Å²) in [7, 11) is 4.60. The number of hydrogen-bond donors (Lipinski definition) is 1. The van der Waals surface area contributed by atoms with Gasteiger partial charge in [-0.3, -0.25) is 0 Å². The van der Waals surface area contributed by atoms with Gasteiger partial charge < -0.3 is 28.8 Å². The summed E-state index contributed by atoms with van der Waals surface area (Å²) < 4.78 is 27.8. The van der Waals surface area contributed by atoms with Crippen LogP contribution in [0.1, 0.15) is 31.4 Å². The molecule has 3 rings (SSSR count). The SMILES string of the molecule is CCC(C)C#CC1(O)OCc2cc3c(OC)cc(Cl)c(OC)c3c(OCOC)c21. The topological polar surface area (TPSA) is 66.4 Å². The zero-order valence-corrected chi connectivity index (χ0v) is 18.0. The Balaban J connectivity index is 2.37. The molecule has 2 unspecified atom stereocenters. The molecule has 0 radical (unpaired) electrons. The fourth-order valence-electron chi connectivity index (χ4n) is 3.30. The normalized spacial score (nSPS) is 18.7. The first kappa shape index (κ1) is 21.5. The summed E-state index contributed by atoms with van der Waals surface area (Å²) >= 11 is 6.42. The highest BCUT2D eigenvalue weighted by Gasteiger charge is 2.42. The number of aliphatic hydroxyl groups is 1. The molecule has 1 aliphatic rings. The molecule has 156 valence electrons. The van der Waals surface area contributed by atoms with E-state index in [1.54, 1.807) is 13.2 Å². The molecular formula is C22H25ClO6. The average molecular weight is 421 g/mol. The lowest BCUT2D eigenvalue weighted by Gasteiger charge is -2.22. The maximum absolute atomic E-state index is 11.3. The monoisotopic (exact) mass is 420 g/mol. The van der Waals surface area contributed by atoms with Gasteiger partial charge in [0.1, 0.15) is 17.2 Å². The summed E-state index contributed by atoms with van der Waals surface area (Å²) in [4.78, 5) is 0. The Morgan fingerprint density at radius 3 is 2.62 bits per heavy atom. The molecule has 0 saturated heterocycles. The first-order valence-corrected chi connectivity index (χ1v) is 9.69. The Hall–Kier alpha value is -2.17. The molecule has 2 aromatic rings. The lowest BCUT2D eigenvalue weighted by atomic mass is 9.94. The van der Waals surface area contributed by atoms with Crippen molar-refractivity contribution in [2.24, 2.45) is 5.92 Å². The van der Waals surface area contributed by atoms with Crippen LogP contribution in [0.4, 0.5) is 0 Å². The van der Waals surface area contributed by atoms with Gasteiger partial charge >= 0.3 is 0 Å². The van der Waals surface area contributed by atoms with Crippen LogP contribution in [-0.2, 0) is 21.9 Å². The lowest BCUT2D eigenvalue weighted by Crippen LogP contribution is -2.24. The second-order valence-electron chi connectivity index (χ2n) is 6.82. The second kappa shape index (κ2) is 8.68. The molecule has 0 spiro atoms. The van der Waals surface area contributed by atoms with E-state index in [4.69, 9.17) is 35.3 Å². The Morgan fingerprint density at radius 2 is 2.00 bits per heavy atom. The molecule has 1 aliphatic heterocycles. The Morgan fingerprint density at radius 1 is 1.24 bits per heavy atom. The zero-order valence-electron chi connectivity index (χ0n) is 17.2. The van der Waals surface area contributed by atoms with E-state index in [9.17, 15) is 5.11 Å². The van der Waals surface area contributed by atoms with Gasteiger partial charge in [-0.25, -0.2) is 0 Å². The molecule has 0 fully saturated rings. The largest absolute Gasteiger partial charge is 0.496 e. The van der Waals surface area contributed by atoms with E-state index in [1.165, 1.54) is 14.2 Å². The summed E-state index contributed by atoms with van der Waals surface area (Å²) in [6, 6.07) is 3.56. The van der Waals surface area contributed by atoms with Crippen LogP contribution in [-0.4, -0.2) is 33.2 Å². The Bertz CT molecular complexity index is 977. The molecule has 29 heavy (non-hydrogen) atoms. The minimum atomic E-state index is -1.81. The molecule has 0 saturated carbocycles. The molecule has 0 aromatic heterocycles. The Kier molecular flexibility index (Phi) is 6.45. The summed E-state index contributed by atoms with van der Waals surface area (Å²) in [5.74, 6) is 5.54. The van der Waals surface area contributed by atoms with Gasteiger partial charge in [0, 0.05) is 24.5 Å². The summed E-state index contributed by atoms with van der Waals surface area (Å²) in [6.45, 7) is 4.15. The van der Waals surface area contributed by atoms with Crippen molar-refractivity contribution < 1.29 is 28.8 Å². The minimum absolute atomic E-state index is 0.0432. The van der Waals surface area contributed by atoms with Crippen LogP contribution in [0.2, 0.25) is 5.02 Å². The van der Waals surface area contributed by atoms with E-state index in [2.05, 4.69) is 11.8 Å². The third-order valence-electron chi connectivity index (χ3n) is 4.95. The molecule has 1 heterocycles. The summed E-state index contributed by atoms with van der Waals surface area (Å²) in [5, 5.41) is 12.9. The highest BCUT2D eigenvalue weighted by Crippen LogP contribution is 2.51. The van der Waals surface area contributed by atoms with E-state index in [1.807, 2.05) is 19.9 Å². The Labute approximate surface area is 175 Å². The number of ether oxygens (including phenoxy) is 5. The fourth-order valence-corrected chi connectivity index (χ4v) is 3.57. The molecule has 2 atom stereocenters. The molecule has 0 bridgehead atoms. The predicted octanol–water partition coefficient (Wildman–Crippen LogP) is 4.22. The van der Waals surface area contributed by atoms with Crippen LogP contribution < -0.4 is 14.2 Å². The van der Waals surface area contributed by atoms with Crippen LogP contribution in [0.5, 0.6) is 17.2 Å². The van der Waals surface area contributed by atoms with Crippen LogP contribution >= 0.6 is 11.6 Å². The quantitative estimate of drug-likeness (QED) is 0.557. The maximum atomic E-state index is 11.3. The van der Waals surface area contributed by atoms with E-state index in [0.29, 0.717) is 33.2 Å². The zero-order chi connectivity index (χ0) is 21.2. The molecule has 2 aromatic carbocycles. The molecule has 0 aliphatic carbocycles. The van der Waals surface area contributed by atoms with Crippen molar-refractivity contribution >= 4 is 22.4 Å². The van der Waals surface area contributed by atoms with Crippen LogP contribution in [0.25, 0.3) is 10.8 Å². The third kappa shape index (κ3) is 3.84. The highest BCUT2D eigenvalue weighted by atomic mass is 35.5. The van der Waals surface area contributed by atoms with Crippen molar-refractivity contribution in [3.8, 4) is 29.1 Å². The number of fused-ring (bicyclic) bond motifs is 2. The standard InChI is InChI=1S/C22H25ClO6/c1-6-13(2)7-8-22(24)19-14(11-29-22)9-15-17(26-4)10-16(23)20(27-5)18(15)21(19)28-12-25-3/h9-10,13,24H,6,11-12H2,1-5H3. The van der Waals surface area contributed by atoms with Gasteiger partial charge in [0.2, 0.25) is 0 Å². The van der Waals surface area contributed by atoms with Gasteiger partial charge in [-0.05, 0) is 24.0 Å². The number of rotatable bonds is 6. The average Bonchev–Trinajstić information content (AvgIpc) is 3.06. The summed E-state index contributed by atoms with van der Waals surface area (Å²) in [5.41, 5.74) is 1.17. The van der Waals surface area contributed by atoms with Crippen molar-refractivity contribution in [1.82, 2.24) is 0 Å². The van der Waals surface area contributed by atoms with Crippen molar-refractivity contribution in [3.63, 3.8) is 0 Å². The van der Waals surface area contributed by atoms with Crippen LogP contribution in [0, 0.1) is 17.8 Å². The van der Waals surface area contributed by atoms with Crippen molar-refractivity contribution in [3.05, 3.63) is 28.3 Å².